The second kappa shape index (κ2) is 4.68. The molecule has 2 aromatic heterocycles. The van der Waals surface area contributed by atoms with E-state index < -0.39 is 10.0 Å². The van der Waals surface area contributed by atoms with Gasteiger partial charge in [-0.05, 0) is 13.1 Å². The van der Waals surface area contributed by atoms with Crippen LogP contribution in [0.15, 0.2) is 24.5 Å². The molecule has 0 aliphatic carbocycles. The number of nitrogens with one attached hydrogen (secondary N) is 2. The molecule has 92 valence electrons. The van der Waals surface area contributed by atoms with Gasteiger partial charge in [-0.15, -0.1) is 0 Å². The fraction of sp³-hybridized carbons (Fsp3) is 0.333. The van der Waals surface area contributed by atoms with E-state index in [0.717, 1.165) is 0 Å². The summed E-state index contributed by atoms with van der Waals surface area (Å²) in [5, 5.41) is 6.96. The fourth-order valence-electron chi connectivity index (χ4n) is 1.33. The van der Waals surface area contributed by atoms with Crippen molar-refractivity contribution in [2.75, 3.05) is 24.7 Å². The molecule has 2 aromatic rings. The van der Waals surface area contributed by atoms with Crippen molar-refractivity contribution in [2.24, 2.45) is 0 Å². The topological polar surface area (TPSA) is 88.4 Å². The minimum Gasteiger partial charge on any atom is -0.369 e. The first-order valence-electron chi connectivity index (χ1n) is 5.06. The number of fused-ring (bicyclic) bond motifs is 1. The Kier molecular flexibility index (Phi) is 3.25. The van der Waals surface area contributed by atoms with Crippen LogP contribution in [0.25, 0.3) is 5.65 Å². The van der Waals surface area contributed by atoms with Crippen molar-refractivity contribution in [3.05, 3.63) is 24.5 Å². The zero-order valence-electron chi connectivity index (χ0n) is 9.29. The highest BCUT2D eigenvalue weighted by atomic mass is 32.2. The van der Waals surface area contributed by atoms with Crippen LogP contribution in [0.5, 0.6) is 0 Å². The highest BCUT2D eigenvalue weighted by Gasteiger charge is 2.06. The van der Waals surface area contributed by atoms with Crippen molar-refractivity contribution in [1.29, 1.82) is 0 Å². The van der Waals surface area contributed by atoms with Crippen LogP contribution in [0.2, 0.25) is 0 Å². The number of sulfonamides is 1. The molecule has 0 fully saturated rings. The van der Waals surface area contributed by atoms with E-state index in [4.69, 9.17) is 0 Å². The van der Waals surface area contributed by atoms with Crippen molar-refractivity contribution in [3.8, 4) is 0 Å². The van der Waals surface area contributed by atoms with E-state index in [0.29, 0.717) is 18.0 Å². The normalized spacial score (nSPS) is 11.8. The first-order valence-corrected chi connectivity index (χ1v) is 6.71. The second-order valence-electron chi connectivity index (χ2n) is 3.40. The van der Waals surface area contributed by atoms with Gasteiger partial charge in [-0.2, -0.15) is 5.10 Å². The van der Waals surface area contributed by atoms with E-state index in [1.54, 1.807) is 29.0 Å². The van der Waals surface area contributed by atoms with Gasteiger partial charge in [0.25, 0.3) is 0 Å². The third-order valence-electron chi connectivity index (χ3n) is 2.25. The average Bonchev–Trinajstić information content (AvgIpc) is 2.76. The molecule has 0 spiro atoms. The predicted octanol–water partition coefficient (Wildman–Crippen LogP) is -0.310. The Morgan fingerprint density at radius 1 is 1.41 bits per heavy atom. The average molecular weight is 255 g/mol. The number of rotatable bonds is 5. The zero-order valence-corrected chi connectivity index (χ0v) is 10.1. The van der Waals surface area contributed by atoms with Crippen molar-refractivity contribution < 1.29 is 8.42 Å². The minimum absolute atomic E-state index is 0.00955. The number of aromatic nitrogens is 3. The van der Waals surface area contributed by atoms with Gasteiger partial charge in [-0.25, -0.2) is 22.6 Å². The Hall–Kier alpha value is -1.67. The zero-order chi connectivity index (χ0) is 12.3. The molecule has 0 atom stereocenters. The lowest BCUT2D eigenvalue weighted by Crippen LogP contribution is -2.26. The lowest BCUT2D eigenvalue weighted by molar-refractivity contribution is 0.588. The van der Waals surface area contributed by atoms with Crippen LogP contribution < -0.4 is 10.0 Å². The SMILES string of the molecule is CNS(=O)(=O)CCNc1ccn2nccc2n1. The largest absolute Gasteiger partial charge is 0.369 e. The Balaban J connectivity index is 1.99. The number of anilines is 1. The molecule has 8 heteroatoms. The molecule has 7 nitrogen and oxygen atoms in total. The third kappa shape index (κ3) is 2.92. The molecule has 0 aliphatic rings. The quantitative estimate of drug-likeness (QED) is 0.765. The summed E-state index contributed by atoms with van der Waals surface area (Å²) in [6.07, 6.45) is 3.41. The molecular weight excluding hydrogens is 242 g/mol. The molecule has 2 N–H and O–H groups in total. The molecule has 2 heterocycles. The van der Waals surface area contributed by atoms with Gasteiger partial charge >= 0.3 is 0 Å². The Morgan fingerprint density at radius 3 is 3.00 bits per heavy atom. The standard InChI is InChI=1S/C9H13N5O2S/c1-10-17(15,16)7-5-11-8-3-6-14-9(13-8)2-4-12-14/h2-4,6,10H,5,7H2,1H3,(H,11,13). The Morgan fingerprint density at radius 2 is 2.24 bits per heavy atom. The summed E-state index contributed by atoms with van der Waals surface area (Å²) < 4.78 is 26.2. The van der Waals surface area contributed by atoms with Crippen LogP contribution in [0.3, 0.4) is 0 Å². The van der Waals surface area contributed by atoms with Crippen LogP contribution in [-0.4, -0.2) is 42.4 Å². The monoisotopic (exact) mass is 255 g/mol. The second-order valence-corrected chi connectivity index (χ2v) is 5.44. The van der Waals surface area contributed by atoms with Crippen molar-refractivity contribution >= 4 is 21.5 Å². The maximum atomic E-state index is 11.2. The summed E-state index contributed by atoms with van der Waals surface area (Å²) in [6.45, 7) is 0.306. The van der Waals surface area contributed by atoms with Crippen LogP contribution in [0, 0.1) is 0 Å². The molecule has 0 aromatic carbocycles. The number of hydrogen-bond acceptors (Lipinski definition) is 5. The van der Waals surface area contributed by atoms with Gasteiger partial charge in [-0.3, -0.25) is 0 Å². The van der Waals surface area contributed by atoms with Gasteiger partial charge in [0.2, 0.25) is 10.0 Å². The number of hydrogen-bond donors (Lipinski definition) is 2. The van der Waals surface area contributed by atoms with Crippen molar-refractivity contribution in [2.45, 2.75) is 0 Å². The van der Waals surface area contributed by atoms with E-state index in [1.165, 1.54) is 7.05 Å². The molecule has 2 rings (SSSR count). The molecule has 0 radical (unpaired) electrons. The third-order valence-corrected chi connectivity index (χ3v) is 3.61. The highest BCUT2D eigenvalue weighted by molar-refractivity contribution is 7.89. The lowest BCUT2D eigenvalue weighted by Gasteiger charge is -2.05. The maximum absolute atomic E-state index is 11.2. The summed E-state index contributed by atoms with van der Waals surface area (Å²) in [4.78, 5) is 4.25. The van der Waals surface area contributed by atoms with Crippen LogP contribution in [0.4, 0.5) is 5.82 Å². The summed E-state index contributed by atoms with van der Waals surface area (Å²) in [5.74, 6) is 0.639. The van der Waals surface area contributed by atoms with Crippen molar-refractivity contribution in [1.82, 2.24) is 19.3 Å². The highest BCUT2D eigenvalue weighted by Crippen LogP contribution is 2.05. The molecule has 0 saturated carbocycles. The molecule has 0 aliphatic heterocycles. The molecule has 0 saturated heterocycles. The molecule has 0 amide bonds. The van der Waals surface area contributed by atoms with Crippen LogP contribution in [-0.2, 0) is 10.0 Å². The molecule has 0 unspecified atom stereocenters. The van der Waals surface area contributed by atoms with E-state index in [-0.39, 0.29) is 5.75 Å². The summed E-state index contributed by atoms with van der Waals surface area (Å²) in [7, 11) is -1.78. The van der Waals surface area contributed by atoms with Gasteiger partial charge in [0.1, 0.15) is 5.82 Å². The number of nitrogens with zero attached hydrogens (tertiary/aromatic N) is 3. The first-order chi connectivity index (χ1) is 8.11. The molecule has 0 bridgehead atoms. The maximum Gasteiger partial charge on any atom is 0.213 e. The van der Waals surface area contributed by atoms with Gasteiger partial charge in [0, 0.05) is 18.8 Å². The minimum atomic E-state index is -3.18. The van der Waals surface area contributed by atoms with E-state index in [2.05, 4.69) is 20.1 Å². The smallest absolute Gasteiger partial charge is 0.213 e. The van der Waals surface area contributed by atoms with Crippen LogP contribution in [0.1, 0.15) is 0 Å². The van der Waals surface area contributed by atoms with Gasteiger partial charge in [-0.1, -0.05) is 0 Å². The molecule has 17 heavy (non-hydrogen) atoms. The first kappa shape index (κ1) is 11.8. The summed E-state index contributed by atoms with van der Waals surface area (Å²) >= 11 is 0. The van der Waals surface area contributed by atoms with Gasteiger partial charge in [0.05, 0.1) is 11.9 Å². The Labute approximate surface area is 98.9 Å². The van der Waals surface area contributed by atoms with Gasteiger partial charge in [0.15, 0.2) is 5.65 Å². The van der Waals surface area contributed by atoms with Crippen molar-refractivity contribution in [3.63, 3.8) is 0 Å². The summed E-state index contributed by atoms with van der Waals surface area (Å²) in [5.41, 5.74) is 0.714. The summed E-state index contributed by atoms with van der Waals surface area (Å²) in [6, 6.07) is 3.52. The van der Waals surface area contributed by atoms with Crippen LogP contribution >= 0.6 is 0 Å². The van der Waals surface area contributed by atoms with E-state index >= 15 is 0 Å². The van der Waals surface area contributed by atoms with E-state index in [9.17, 15) is 8.42 Å². The van der Waals surface area contributed by atoms with Gasteiger partial charge < -0.3 is 5.32 Å². The fourth-order valence-corrected chi connectivity index (χ4v) is 1.90. The Bertz CT molecular complexity index is 607. The predicted molar refractivity (Wildman–Crippen MR) is 64.3 cm³/mol. The molecular formula is C9H13N5O2S. The lowest BCUT2D eigenvalue weighted by atomic mass is 10.5. The van der Waals surface area contributed by atoms with E-state index in [1.807, 2.05) is 0 Å².